The lowest BCUT2D eigenvalue weighted by Crippen LogP contribution is -2.63. The van der Waals surface area contributed by atoms with Gasteiger partial charge in [0.05, 0.1) is 11.2 Å². The van der Waals surface area contributed by atoms with Gasteiger partial charge in [0.25, 0.3) is 10.0 Å². The van der Waals surface area contributed by atoms with E-state index in [0.29, 0.717) is 11.6 Å². The van der Waals surface area contributed by atoms with Crippen molar-refractivity contribution in [2.45, 2.75) is 30.5 Å². The third-order valence-corrected chi connectivity index (χ3v) is 6.35. The van der Waals surface area contributed by atoms with Crippen LogP contribution in [-0.4, -0.2) is 42.2 Å². The summed E-state index contributed by atoms with van der Waals surface area (Å²) in [6.45, 7) is 5.56. The zero-order chi connectivity index (χ0) is 13.6. The fourth-order valence-electron chi connectivity index (χ4n) is 1.87. The van der Waals surface area contributed by atoms with E-state index in [9.17, 15) is 13.2 Å². The van der Waals surface area contributed by atoms with Gasteiger partial charge in [-0.15, -0.1) is 11.3 Å². The Morgan fingerprint density at radius 1 is 1.50 bits per heavy atom. The fourth-order valence-corrected chi connectivity index (χ4v) is 4.84. The molecule has 0 aromatic carbocycles. The van der Waals surface area contributed by atoms with Crippen molar-refractivity contribution in [1.29, 1.82) is 0 Å². The predicted octanol–water partition coefficient (Wildman–Crippen LogP) is 0.351. The van der Waals surface area contributed by atoms with Gasteiger partial charge in [0, 0.05) is 13.1 Å². The standard InChI is InChI=1S/C10H15N3O3S2/c1-7-12-6-8(17-7)18(15,16)13-5-4-11-9(14)10(13,2)3/h6H,4-5H2,1-3H3,(H,11,14). The first-order valence-corrected chi connectivity index (χ1v) is 7.75. The van der Waals surface area contributed by atoms with E-state index in [2.05, 4.69) is 10.3 Å². The summed E-state index contributed by atoms with van der Waals surface area (Å²) in [5.41, 5.74) is -1.07. The number of nitrogens with zero attached hydrogens (tertiary/aromatic N) is 2. The van der Waals surface area contributed by atoms with Gasteiger partial charge >= 0.3 is 0 Å². The molecule has 0 aliphatic carbocycles. The first-order chi connectivity index (χ1) is 8.26. The van der Waals surface area contributed by atoms with E-state index in [4.69, 9.17) is 0 Å². The summed E-state index contributed by atoms with van der Waals surface area (Å²) in [5, 5.41) is 3.36. The minimum Gasteiger partial charge on any atom is -0.353 e. The lowest BCUT2D eigenvalue weighted by atomic mass is 10.0. The van der Waals surface area contributed by atoms with E-state index in [1.54, 1.807) is 20.8 Å². The molecule has 0 radical (unpaired) electrons. The van der Waals surface area contributed by atoms with Crippen molar-refractivity contribution >= 4 is 27.3 Å². The predicted molar refractivity (Wildman–Crippen MR) is 67.8 cm³/mol. The highest BCUT2D eigenvalue weighted by Gasteiger charge is 2.45. The van der Waals surface area contributed by atoms with Crippen LogP contribution in [0.1, 0.15) is 18.9 Å². The Morgan fingerprint density at radius 3 is 2.72 bits per heavy atom. The second-order valence-electron chi connectivity index (χ2n) is 4.59. The summed E-state index contributed by atoms with van der Waals surface area (Å²) in [7, 11) is -3.65. The van der Waals surface area contributed by atoms with E-state index in [0.717, 1.165) is 11.3 Å². The van der Waals surface area contributed by atoms with E-state index >= 15 is 0 Å². The number of rotatable bonds is 2. The van der Waals surface area contributed by atoms with Crippen molar-refractivity contribution in [3.8, 4) is 0 Å². The molecule has 1 aromatic rings. The number of carbonyl (C=O) groups excluding carboxylic acids is 1. The number of piperazine rings is 1. The molecule has 1 aliphatic rings. The quantitative estimate of drug-likeness (QED) is 0.852. The second-order valence-corrected chi connectivity index (χ2v) is 7.91. The van der Waals surface area contributed by atoms with Gasteiger partial charge in [-0.25, -0.2) is 13.4 Å². The minimum absolute atomic E-state index is 0.183. The zero-order valence-corrected chi connectivity index (χ0v) is 12.1. The highest BCUT2D eigenvalue weighted by atomic mass is 32.2. The molecular formula is C10H15N3O3S2. The molecule has 0 bridgehead atoms. The molecule has 1 fully saturated rings. The van der Waals surface area contributed by atoms with Crippen molar-refractivity contribution in [2.24, 2.45) is 0 Å². The SMILES string of the molecule is Cc1ncc(S(=O)(=O)N2CCNC(=O)C2(C)C)s1. The van der Waals surface area contributed by atoms with E-state index in [1.165, 1.54) is 10.5 Å². The van der Waals surface area contributed by atoms with Crippen LogP contribution in [0.25, 0.3) is 0 Å². The van der Waals surface area contributed by atoms with Gasteiger partial charge in [0.15, 0.2) is 4.21 Å². The van der Waals surface area contributed by atoms with Crippen molar-refractivity contribution in [2.75, 3.05) is 13.1 Å². The molecule has 6 nitrogen and oxygen atoms in total. The number of carbonyl (C=O) groups is 1. The average Bonchev–Trinajstić information content (AvgIpc) is 2.69. The number of nitrogens with one attached hydrogen (secondary N) is 1. The Balaban J connectivity index is 2.44. The molecule has 0 unspecified atom stereocenters. The molecule has 1 N–H and O–H groups in total. The van der Waals surface area contributed by atoms with Gasteiger partial charge in [0.2, 0.25) is 5.91 Å². The van der Waals surface area contributed by atoms with Crippen LogP contribution < -0.4 is 5.32 Å². The average molecular weight is 289 g/mol. The molecule has 1 aromatic heterocycles. The van der Waals surface area contributed by atoms with E-state index in [-0.39, 0.29) is 16.7 Å². The van der Waals surface area contributed by atoms with Gasteiger partial charge in [-0.1, -0.05) is 0 Å². The minimum atomic E-state index is -3.65. The summed E-state index contributed by atoms with van der Waals surface area (Å²) in [6, 6.07) is 0. The van der Waals surface area contributed by atoms with Crippen molar-refractivity contribution in [1.82, 2.24) is 14.6 Å². The Labute approximate surface area is 110 Å². The normalized spacial score (nSPS) is 20.7. The number of aryl methyl sites for hydroxylation is 1. The lowest BCUT2D eigenvalue weighted by Gasteiger charge is -2.39. The summed E-state index contributed by atoms with van der Waals surface area (Å²) in [6.07, 6.45) is 1.35. The van der Waals surface area contributed by atoms with E-state index < -0.39 is 15.6 Å². The Hall–Kier alpha value is -0.990. The van der Waals surface area contributed by atoms with Crippen molar-refractivity contribution in [3.05, 3.63) is 11.2 Å². The van der Waals surface area contributed by atoms with Gasteiger partial charge in [-0.3, -0.25) is 4.79 Å². The van der Waals surface area contributed by atoms with Crippen LogP contribution in [0.5, 0.6) is 0 Å². The van der Waals surface area contributed by atoms with Crippen LogP contribution in [0.15, 0.2) is 10.4 Å². The number of thiazole rings is 1. The molecule has 0 spiro atoms. The zero-order valence-electron chi connectivity index (χ0n) is 10.4. The smallest absolute Gasteiger partial charge is 0.255 e. The number of hydrogen-bond donors (Lipinski definition) is 1. The van der Waals surface area contributed by atoms with Crippen molar-refractivity contribution < 1.29 is 13.2 Å². The molecule has 2 heterocycles. The Bertz CT molecular complexity index is 577. The molecule has 1 amide bonds. The number of amides is 1. The molecule has 1 aliphatic heterocycles. The Kier molecular flexibility index (Phi) is 3.20. The first-order valence-electron chi connectivity index (χ1n) is 5.50. The molecule has 18 heavy (non-hydrogen) atoms. The van der Waals surface area contributed by atoms with E-state index in [1.807, 2.05) is 0 Å². The summed E-state index contributed by atoms with van der Waals surface area (Å²) >= 11 is 1.12. The number of aromatic nitrogens is 1. The Morgan fingerprint density at radius 2 is 2.17 bits per heavy atom. The molecular weight excluding hydrogens is 274 g/mol. The van der Waals surface area contributed by atoms with Crippen LogP contribution in [0.2, 0.25) is 0 Å². The largest absolute Gasteiger partial charge is 0.353 e. The summed E-state index contributed by atoms with van der Waals surface area (Å²) in [4.78, 5) is 15.7. The highest BCUT2D eigenvalue weighted by molar-refractivity contribution is 7.91. The molecule has 2 rings (SSSR count). The van der Waals surface area contributed by atoms with Gasteiger partial charge in [-0.2, -0.15) is 4.31 Å². The van der Waals surface area contributed by atoms with Gasteiger partial charge < -0.3 is 5.32 Å². The van der Waals surface area contributed by atoms with Crippen LogP contribution in [0.4, 0.5) is 0 Å². The third kappa shape index (κ3) is 2.04. The van der Waals surface area contributed by atoms with Crippen molar-refractivity contribution in [3.63, 3.8) is 0 Å². The monoisotopic (exact) mass is 289 g/mol. The topological polar surface area (TPSA) is 79.4 Å². The van der Waals surface area contributed by atoms with Crippen LogP contribution >= 0.6 is 11.3 Å². The third-order valence-electron chi connectivity index (χ3n) is 2.92. The molecule has 8 heteroatoms. The maximum atomic E-state index is 12.5. The summed E-state index contributed by atoms with van der Waals surface area (Å²) < 4.78 is 26.4. The maximum absolute atomic E-state index is 12.5. The molecule has 0 saturated carbocycles. The molecule has 1 saturated heterocycles. The maximum Gasteiger partial charge on any atom is 0.255 e. The lowest BCUT2D eigenvalue weighted by molar-refractivity contribution is -0.131. The fraction of sp³-hybridized carbons (Fsp3) is 0.600. The van der Waals surface area contributed by atoms with Crippen LogP contribution in [0, 0.1) is 6.92 Å². The second kappa shape index (κ2) is 4.29. The number of sulfonamides is 1. The first kappa shape index (κ1) is 13.4. The highest BCUT2D eigenvalue weighted by Crippen LogP contribution is 2.29. The molecule has 100 valence electrons. The van der Waals surface area contributed by atoms with Gasteiger partial charge in [-0.05, 0) is 20.8 Å². The van der Waals surface area contributed by atoms with Crippen LogP contribution in [0.3, 0.4) is 0 Å². The number of hydrogen-bond acceptors (Lipinski definition) is 5. The van der Waals surface area contributed by atoms with Crippen LogP contribution in [-0.2, 0) is 14.8 Å². The molecule has 0 atom stereocenters. The summed E-state index contributed by atoms with van der Waals surface area (Å²) in [5.74, 6) is -0.279. The van der Waals surface area contributed by atoms with Gasteiger partial charge in [0.1, 0.15) is 5.54 Å².